The summed E-state index contributed by atoms with van der Waals surface area (Å²) in [5.74, 6) is 0.558. The van der Waals surface area contributed by atoms with E-state index in [9.17, 15) is 5.11 Å². The van der Waals surface area contributed by atoms with E-state index >= 15 is 0 Å². The maximum absolute atomic E-state index is 10.3. The summed E-state index contributed by atoms with van der Waals surface area (Å²) in [6, 6.07) is 4.09. The molecule has 0 aliphatic heterocycles. The normalized spacial score (nSPS) is 26.3. The van der Waals surface area contributed by atoms with Crippen LogP contribution >= 0.6 is 0 Å². The van der Waals surface area contributed by atoms with Gasteiger partial charge in [0.2, 0.25) is 0 Å². The maximum Gasteiger partial charge on any atom is 0.300 e. The average molecular weight is 344 g/mol. The molecule has 3 heteroatoms. The molecular formula is C22H32O3. The van der Waals surface area contributed by atoms with Crippen LogP contribution < -0.4 is 0 Å². The van der Waals surface area contributed by atoms with Gasteiger partial charge in [0.15, 0.2) is 0 Å². The van der Waals surface area contributed by atoms with E-state index in [0.717, 1.165) is 12.5 Å². The maximum atomic E-state index is 10.3. The highest BCUT2D eigenvalue weighted by Crippen LogP contribution is 2.56. The molecule has 3 rings (SSSR count). The zero-order valence-corrected chi connectivity index (χ0v) is 16.4. The minimum atomic E-state index is -0.833. The first kappa shape index (κ1) is 19.6. The summed E-state index contributed by atoms with van der Waals surface area (Å²) in [6.07, 6.45) is 8.56. The molecule has 2 aliphatic rings. The van der Waals surface area contributed by atoms with Gasteiger partial charge in [-0.3, -0.25) is 4.79 Å². The molecule has 2 unspecified atom stereocenters. The first-order valence-electron chi connectivity index (χ1n) is 9.25. The number of allylic oxidation sites excluding steroid dienone is 1. The number of phenols is 1. The van der Waals surface area contributed by atoms with Gasteiger partial charge >= 0.3 is 0 Å². The standard InChI is InChI=1S/C20H28O.C2H4O2/c1-13(2)18-14-7-10-17-19(3,4)11-6-12-20(17,5)15(14)8-9-16(18)21;1-2(3)4/h7-10,13,17,21H,6,11-12H2,1-5H3;1H3,(H,3,4). The number of rotatable bonds is 1. The predicted octanol–water partition coefficient (Wildman–Crippen LogP) is 5.72. The first-order valence-corrected chi connectivity index (χ1v) is 9.25. The van der Waals surface area contributed by atoms with Crippen molar-refractivity contribution in [2.75, 3.05) is 0 Å². The Bertz CT molecular complexity index is 681. The lowest BCUT2D eigenvalue weighted by Gasteiger charge is -2.52. The number of carboxylic acids is 1. The Morgan fingerprint density at radius 3 is 2.36 bits per heavy atom. The van der Waals surface area contributed by atoms with Crippen LogP contribution in [0.5, 0.6) is 5.75 Å². The van der Waals surface area contributed by atoms with E-state index < -0.39 is 5.97 Å². The van der Waals surface area contributed by atoms with E-state index in [2.05, 4.69) is 52.8 Å². The third kappa shape index (κ3) is 3.61. The van der Waals surface area contributed by atoms with Crippen molar-refractivity contribution in [3.05, 3.63) is 34.9 Å². The number of carboxylic acid groups (broad SMARTS) is 1. The van der Waals surface area contributed by atoms with Gasteiger partial charge in [0.1, 0.15) is 5.75 Å². The van der Waals surface area contributed by atoms with E-state index in [1.165, 1.54) is 30.4 Å². The Morgan fingerprint density at radius 1 is 1.20 bits per heavy atom. The van der Waals surface area contributed by atoms with Crippen molar-refractivity contribution in [3.8, 4) is 5.75 Å². The Morgan fingerprint density at radius 2 is 1.80 bits per heavy atom. The second kappa shape index (κ2) is 6.86. The molecule has 138 valence electrons. The van der Waals surface area contributed by atoms with E-state index in [4.69, 9.17) is 9.90 Å². The van der Waals surface area contributed by atoms with Crippen molar-refractivity contribution in [1.29, 1.82) is 0 Å². The molecule has 1 aromatic rings. The molecule has 0 bridgehead atoms. The zero-order valence-electron chi connectivity index (χ0n) is 16.4. The summed E-state index contributed by atoms with van der Waals surface area (Å²) in [6.45, 7) is 12.7. The van der Waals surface area contributed by atoms with E-state index in [1.54, 1.807) is 0 Å². The molecule has 0 spiro atoms. The summed E-state index contributed by atoms with van der Waals surface area (Å²) < 4.78 is 0. The van der Waals surface area contributed by atoms with Gasteiger partial charge in [-0.25, -0.2) is 0 Å². The lowest BCUT2D eigenvalue weighted by molar-refractivity contribution is -0.134. The summed E-state index contributed by atoms with van der Waals surface area (Å²) in [5, 5.41) is 17.7. The molecule has 1 fully saturated rings. The van der Waals surface area contributed by atoms with Crippen LogP contribution in [-0.4, -0.2) is 16.2 Å². The summed E-state index contributed by atoms with van der Waals surface area (Å²) in [5.41, 5.74) is 4.41. The third-order valence-electron chi connectivity index (χ3n) is 5.96. The molecular weight excluding hydrogens is 312 g/mol. The molecule has 25 heavy (non-hydrogen) atoms. The topological polar surface area (TPSA) is 57.5 Å². The largest absolute Gasteiger partial charge is 0.508 e. The minimum Gasteiger partial charge on any atom is -0.508 e. The number of aromatic hydroxyl groups is 1. The molecule has 0 heterocycles. The van der Waals surface area contributed by atoms with Crippen LogP contribution in [0.3, 0.4) is 0 Å². The third-order valence-corrected chi connectivity index (χ3v) is 5.96. The molecule has 2 aliphatic carbocycles. The van der Waals surface area contributed by atoms with Crippen LogP contribution in [0.4, 0.5) is 0 Å². The second-order valence-electron chi connectivity index (χ2n) is 8.73. The quantitative estimate of drug-likeness (QED) is 0.685. The van der Waals surface area contributed by atoms with Gasteiger partial charge < -0.3 is 10.2 Å². The fraction of sp³-hybridized carbons (Fsp3) is 0.591. The van der Waals surface area contributed by atoms with Gasteiger partial charge in [0.25, 0.3) is 5.97 Å². The Balaban J connectivity index is 0.000000511. The van der Waals surface area contributed by atoms with Crippen molar-refractivity contribution in [2.45, 2.75) is 72.1 Å². The lowest BCUT2D eigenvalue weighted by Crippen LogP contribution is -2.45. The van der Waals surface area contributed by atoms with Crippen LogP contribution in [0.1, 0.15) is 83.4 Å². The summed E-state index contributed by atoms with van der Waals surface area (Å²) >= 11 is 0. The molecule has 1 saturated carbocycles. The predicted molar refractivity (Wildman–Crippen MR) is 103 cm³/mol. The van der Waals surface area contributed by atoms with E-state index in [-0.39, 0.29) is 5.41 Å². The fourth-order valence-electron chi connectivity index (χ4n) is 4.96. The Labute approximate surface area is 151 Å². The van der Waals surface area contributed by atoms with Crippen molar-refractivity contribution >= 4 is 12.0 Å². The number of hydrogen-bond acceptors (Lipinski definition) is 2. The molecule has 1 aromatic carbocycles. The number of fused-ring (bicyclic) bond motifs is 3. The highest BCUT2D eigenvalue weighted by atomic mass is 16.4. The van der Waals surface area contributed by atoms with Gasteiger partial charge in [-0.15, -0.1) is 0 Å². The van der Waals surface area contributed by atoms with Gasteiger partial charge in [0, 0.05) is 12.5 Å². The number of aliphatic carboxylic acids is 1. The molecule has 3 nitrogen and oxygen atoms in total. The fourth-order valence-corrected chi connectivity index (χ4v) is 4.96. The number of carbonyl (C=O) groups is 1. The second-order valence-corrected chi connectivity index (χ2v) is 8.73. The summed E-state index contributed by atoms with van der Waals surface area (Å²) in [4.78, 5) is 9.00. The van der Waals surface area contributed by atoms with Crippen LogP contribution in [0, 0.1) is 11.3 Å². The van der Waals surface area contributed by atoms with Crippen LogP contribution in [-0.2, 0) is 10.2 Å². The van der Waals surface area contributed by atoms with Crippen LogP contribution in [0.2, 0.25) is 0 Å². The zero-order chi connectivity index (χ0) is 19.0. The monoisotopic (exact) mass is 344 g/mol. The highest BCUT2D eigenvalue weighted by Gasteiger charge is 2.48. The molecule has 2 atom stereocenters. The van der Waals surface area contributed by atoms with Crippen molar-refractivity contribution < 1.29 is 15.0 Å². The first-order chi connectivity index (χ1) is 11.5. The van der Waals surface area contributed by atoms with Crippen LogP contribution in [0.15, 0.2) is 18.2 Å². The van der Waals surface area contributed by atoms with Gasteiger partial charge in [-0.2, -0.15) is 0 Å². The lowest BCUT2D eigenvalue weighted by atomic mass is 9.52. The van der Waals surface area contributed by atoms with Crippen molar-refractivity contribution in [2.24, 2.45) is 11.3 Å². The Hall–Kier alpha value is -1.77. The Kier molecular flexibility index (Phi) is 5.36. The van der Waals surface area contributed by atoms with E-state index in [0.29, 0.717) is 23.0 Å². The smallest absolute Gasteiger partial charge is 0.300 e. The van der Waals surface area contributed by atoms with Gasteiger partial charge in [0.05, 0.1) is 0 Å². The molecule has 0 radical (unpaired) electrons. The van der Waals surface area contributed by atoms with Crippen LogP contribution in [0.25, 0.3) is 6.08 Å². The number of phenolic OH excluding ortho intramolecular Hbond substituents is 1. The van der Waals surface area contributed by atoms with Crippen molar-refractivity contribution in [3.63, 3.8) is 0 Å². The van der Waals surface area contributed by atoms with E-state index in [1.807, 2.05) is 6.07 Å². The van der Waals surface area contributed by atoms with Crippen molar-refractivity contribution in [1.82, 2.24) is 0 Å². The highest BCUT2D eigenvalue weighted by molar-refractivity contribution is 5.67. The van der Waals surface area contributed by atoms with Gasteiger partial charge in [-0.1, -0.05) is 59.3 Å². The molecule has 0 saturated heterocycles. The summed E-state index contributed by atoms with van der Waals surface area (Å²) in [7, 11) is 0. The number of hydrogen-bond donors (Lipinski definition) is 2. The molecule has 2 N–H and O–H groups in total. The SMILES string of the molecule is CC(=O)O.CC(C)c1c(O)ccc2c1C=CC1C(C)(C)CCCC21C. The number of benzene rings is 1. The molecule has 0 amide bonds. The van der Waals surface area contributed by atoms with Gasteiger partial charge in [-0.05, 0) is 52.7 Å². The minimum absolute atomic E-state index is 0.211. The average Bonchev–Trinajstić information content (AvgIpc) is 2.44. The molecule has 0 aromatic heterocycles.